The Morgan fingerprint density at radius 3 is 2.28 bits per heavy atom. The van der Waals surface area contributed by atoms with Gasteiger partial charge in [0.05, 0.1) is 10.6 Å². The first kappa shape index (κ1) is 29.2. The Labute approximate surface area is 231 Å². The fourth-order valence-corrected chi connectivity index (χ4v) is 5.72. The smallest absolute Gasteiger partial charge is 0.381 e. The number of carbonyl (C=O) groups is 2. The molecule has 2 aliphatic heterocycles. The molecule has 0 radical (unpaired) electrons. The Morgan fingerprint density at radius 2 is 1.69 bits per heavy atom. The maximum atomic E-state index is 14.0. The Morgan fingerprint density at radius 1 is 1.03 bits per heavy atom. The number of piperidine rings is 2. The van der Waals surface area contributed by atoms with E-state index >= 15 is 0 Å². The van der Waals surface area contributed by atoms with E-state index in [1.165, 1.54) is 23.1 Å². The zero-order chi connectivity index (χ0) is 28.4. The molecule has 0 aliphatic carbocycles. The fourth-order valence-electron chi connectivity index (χ4n) is 5.46. The minimum absolute atomic E-state index is 0.123. The van der Waals surface area contributed by atoms with Gasteiger partial charge in [-0.2, -0.15) is 13.2 Å². The summed E-state index contributed by atoms with van der Waals surface area (Å²) < 4.78 is 41.9. The quantitative estimate of drug-likeness (QED) is 0.543. The predicted molar refractivity (Wildman–Crippen MR) is 144 cm³/mol. The Balaban J connectivity index is 1.36. The molecule has 2 aromatic carbocycles. The molecule has 0 unspecified atom stereocenters. The van der Waals surface area contributed by atoms with E-state index in [1.807, 2.05) is 6.07 Å². The molecule has 0 bridgehead atoms. The molecule has 2 aliphatic rings. The molecular formula is C28H34ClF3N4O3. The number of anilines is 1. The van der Waals surface area contributed by atoms with Crippen molar-refractivity contribution in [3.63, 3.8) is 0 Å². The molecule has 7 nitrogen and oxygen atoms in total. The molecule has 2 fully saturated rings. The number of amides is 2. The number of aliphatic hydroxyl groups is 1. The highest BCUT2D eigenvalue weighted by atomic mass is 35.5. The summed E-state index contributed by atoms with van der Waals surface area (Å²) in [6.45, 7) is 1.88. The molecule has 4 rings (SSSR count). The van der Waals surface area contributed by atoms with Crippen LogP contribution in [0.3, 0.4) is 0 Å². The van der Waals surface area contributed by atoms with Crippen LogP contribution < -0.4 is 5.32 Å². The lowest BCUT2D eigenvalue weighted by Gasteiger charge is -2.44. The summed E-state index contributed by atoms with van der Waals surface area (Å²) in [4.78, 5) is 30.2. The van der Waals surface area contributed by atoms with Crippen molar-refractivity contribution in [2.75, 3.05) is 45.6 Å². The van der Waals surface area contributed by atoms with E-state index in [0.717, 1.165) is 48.7 Å². The molecule has 0 aromatic heterocycles. The van der Waals surface area contributed by atoms with Gasteiger partial charge in [0, 0.05) is 57.1 Å². The van der Waals surface area contributed by atoms with Crippen molar-refractivity contribution >= 4 is 29.1 Å². The van der Waals surface area contributed by atoms with Gasteiger partial charge in [0.1, 0.15) is 0 Å². The molecule has 2 saturated heterocycles. The lowest BCUT2D eigenvalue weighted by atomic mass is 9.90. The zero-order valence-electron chi connectivity index (χ0n) is 22.0. The van der Waals surface area contributed by atoms with Gasteiger partial charge < -0.3 is 20.2 Å². The van der Waals surface area contributed by atoms with Gasteiger partial charge in [-0.05, 0) is 50.4 Å². The van der Waals surface area contributed by atoms with Gasteiger partial charge in [-0.3, -0.25) is 14.5 Å². The van der Waals surface area contributed by atoms with Crippen molar-refractivity contribution in [1.29, 1.82) is 0 Å². The number of hydrogen-bond acceptors (Lipinski definition) is 5. The van der Waals surface area contributed by atoms with Gasteiger partial charge in [0.25, 0.3) is 17.4 Å². The average Bonchev–Trinajstić information content (AvgIpc) is 2.92. The molecule has 11 heteroatoms. The van der Waals surface area contributed by atoms with E-state index in [4.69, 9.17) is 11.6 Å². The minimum Gasteiger partial charge on any atom is -0.381 e. The number of carbonyl (C=O) groups excluding carboxylic acids is 2. The molecule has 0 saturated carbocycles. The first-order valence-corrected chi connectivity index (χ1v) is 13.5. The molecule has 212 valence electrons. The number of rotatable bonds is 6. The van der Waals surface area contributed by atoms with E-state index in [9.17, 15) is 27.9 Å². The number of nitrogens with zero attached hydrogens (tertiary/aromatic N) is 3. The van der Waals surface area contributed by atoms with E-state index in [-0.39, 0.29) is 31.1 Å². The molecular weight excluding hydrogens is 533 g/mol. The third-order valence-electron chi connectivity index (χ3n) is 7.61. The fraction of sp³-hybridized carbons (Fsp3) is 0.500. The maximum Gasteiger partial charge on any atom is 0.430 e. The zero-order valence-corrected chi connectivity index (χ0v) is 22.8. The van der Waals surface area contributed by atoms with Crippen molar-refractivity contribution in [1.82, 2.24) is 14.7 Å². The minimum atomic E-state index is -5.14. The van der Waals surface area contributed by atoms with Gasteiger partial charge in [-0.15, -0.1) is 0 Å². The van der Waals surface area contributed by atoms with Crippen LogP contribution in [-0.2, 0) is 10.4 Å². The number of likely N-dealkylation sites (tertiary alicyclic amines) is 2. The summed E-state index contributed by atoms with van der Waals surface area (Å²) in [5.74, 6) is -1.50. The van der Waals surface area contributed by atoms with Crippen LogP contribution in [0, 0.1) is 0 Å². The van der Waals surface area contributed by atoms with Crippen LogP contribution in [0.1, 0.15) is 41.6 Å². The number of nitrogens with one attached hydrogen (secondary N) is 1. The van der Waals surface area contributed by atoms with Crippen LogP contribution in [0.5, 0.6) is 0 Å². The van der Waals surface area contributed by atoms with Crippen molar-refractivity contribution < 1.29 is 27.9 Å². The van der Waals surface area contributed by atoms with Crippen molar-refractivity contribution in [3.05, 3.63) is 64.7 Å². The Bertz CT molecular complexity index is 1170. The lowest BCUT2D eigenvalue weighted by molar-refractivity contribution is -0.262. The summed E-state index contributed by atoms with van der Waals surface area (Å²) in [5.41, 5.74) is -2.80. The Kier molecular flexibility index (Phi) is 8.78. The van der Waals surface area contributed by atoms with E-state index in [0.29, 0.717) is 23.4 Å². The van der Waals surface area contributed by atoms with Gasteiger partial charge in [-0.1, -0.05) is 41.9 Å². The number of alkyl halides is 3. The number of benzene rings is 2. The molecule has 39 heavy (non-hydrogen) atoms. The summed E-state index contributed by atoms with van der Waals surface area (Å²) >= 11 is 6.36. The predicted octanol–water partition coefficient (Wildman–Crippen LogP) is 4.36. The Hall–Kier alpha value is -2.82. The van der Waals surface area contributed by atoms with Gasteiger partial charge in [0.15, 0.2) is 0 Å². The molecule has 2 amide bonds. The lowest BCUT2D eigenvalue weighted by Crippen LogP contribution is -2.58. The molecule has 2 N–H and O–H groups in total. The highest BCUT2D eigenvalue weighted by Gasteiger charge is 2.62. The molecule has 2 atom stereocenters. The second kappa shape index (κ2) is 11.7. The second-order valence-electron chi connectivity index (χ2n) is 10.5. The molecule has 0 spiro atoms. The maximum absolute atomic E-state index is 14.0. The van der Waals surface area contributed by atoms with Gasteiger partial charge in [0.2, 0.25) is 0 Å². The van der Waals surface area contributed by atoms with Crippen molar-refractivity contribution in [2.45, 2.75) is 49.5 Å². The normalized spacial score (nSPS) is 20.8. The molecule has 2 aromatic rings. The van der Waals surface area contributed by atoms with Gasteiger partial charge in [-0.25, -0.2) is 0 Å². The standard InChI is InChI=1S/C28H34ClF3N4O3/c1-34(2)25(37)23-11-10-20(17-24(23)29)33-21-9-6-14-36(18-21)22-12-15-35(16-13-22)26(38)27(39,28(30,31)32)19-7-4-3-5-8-19/h3-5,7-8,10-11,17,21-22,33,39H,6,9,12-16,18H2,1-2H3/t21-,27+/m0/s1. The highest BCUT2D eigenvalue weighted by molar-refractivity contribution is 6.34. The number of hydrogen-bond donors (Lipinski definition) is 2. The third-order valence-corrected chi connectivity index (χ3v) is 7.92. The summed E-state index contributed by atoms with van der Waals surface area (Å²) in [5, 5.41) is 14.5. The monoisotopic (exact) mass is 566 g/mol. The van der Waals surface area contributed by atoms with E-state index in [1.54, 1.807) is 26.2 Å². The first-order valence-electron chi connectivity index (χ1n) is 13.1. The topological polar surface area (TPSA) is 76.1 Å². The van der Waals surface area contributed by atoms with Crippen LogP contribution in [0.2, 0.25) is 5.02 Å². The first-order chi connectivity index (χ1) is 18.4. The van der Waals surface area contributed by atoms with Crippen LogP contribution in [-0.4, -0.2) is 90.2 Å². The van der Waals surface area contributed by atoms with E-state index < -0.39 is 23.2 Å². The van der Waals surface area contributed by atoms with Gasteiger partial charge >= 0.3 is 6.18 Å². The van der Waals surface area contributed by atoms with Crippen LogP contribution in [0.25, 0.3) is 0 Å². The number of halogens is 4. The van der Waals surface area contributed by atoms with Crippen LogP contribution >= 0.6 is 11.6 Å². The second-order valence-corrected chi connectivity index (χ2v) is 10.9. The van der Waals surface area contributed by atoms with Crippen molar-refractivity contribution in [2.24, 2.45) is 0 Å². The largest absolute Gasteiger partial charge is 0.430 e. The summed E-state index contributed by atoms with van der Waals surface area (Å²) in [6, 6.07) is 12.1. The van der Waals surface area contributed by atoms with Crippen LogP contribution in [0.15, 0.2) is 48.5 Å². The van der Waals surface area contributed by atoms with E-state index in [2.05, 4.69) is 10.2 Å². The summed E-state index contributed by atoms with van der Waals surface area (Å²) in [6.07, 6.45) is -2.21. The van der Waals surface area contributed by atoms with Crippen LogP contribution in [0.4, 0.5) is 18.9 Å². The molecule has 2 heterocycles. The SMILES string of the molecule is CN(C)C(=O)c1ccc(N[C@H]2CCCN(C3CCN(C(=O)[C@](O)(c4ccccc4)C(F)(F)F)CC3)C2)cc1Cl. The highest BCUT2D eigenvalue weighted by Crippen LogP contribution is 2.41. The van der Waals surface area contributed by atoms with Crippen molar-refractivity contribution in [3.8, 4) is 0 Å². The third kappa shape index (κ3) is 6.18. The summed E-state index contributed by atoms with van der Waals surface area (Å²) in [7, 11) is 3.34. The average molecular weight is 567 g/mol.